The van der Waals surface area contributed by atoms with Gasteiger partial charge in [0.05, 0.1) is 16.2 Å². The van der Waals surface area contributed by atoms with E-state index in [9.17, 15) is 4.79 Å². The molecule has 0 saturated heterocycles. The highest BCUT2D eigenvalue weighted by Gasteiger charge is 2.49. The number of hydrogen-bond donors (Lipinski definition) is 1. The Labute approximate surface area is 158 Å². The molecule has 1 N–H and O–H groups in total. The molecule has 3 heterocycles. The van der Waals surface area contributed by atoms with Gasteiger partial charge in [0.25, 0.3) is 0 Å². The standard InChI is InChI=1S/C19H13NO2S3/c21-18-14-13(11-8-4-5-9-12(11)22-18)16-17(20-19(23)25-16)24-15(14)10-6-2-1-3-7-10/h1-9,13-15H,(H,20,23)/t13-,14-,15+/m1/s1. The van der Waals surface area contributed by atoms with Gasteiger partial charge in [-0.25, -0.2) is 0 Å². The summed E-state index contributed by atoms with van der Waals surface area (Å²) in [5.41, 5.74) is 2.20. The first-order valence-corrected chi connectivity index (χ1v) is 10.1. The lowest BCUT2D eigenvalue weighted by molar-refractivity contribution is -0.140. The summed E-state index contributed by atoms with van der Waals surface area (Å²) in [6, 6.07) is 18.0. The third-order valence-electron chi connectivity index (χ3n) is 4.72. The van der Waals surface area contributed by atoms with E-state index in [2.05, 4.69) is 23.2 Å². The van der Waals surface area contributed by atoms with E-state index < -0.39 is 0 Å². The van der Waals surface area contributed by atoms with Crippen LogP contribution in [-0.2, 0) is 4.79 Å². The number of H-pyrrole nitrogens is 1. The predicted molar refractivity (Wildman–Crippen MR) is 102 cm³/mol. The number of rotatable bonds is 1. The summed E-state index contributed by atoms with van der Waals surface area (Å²) in [5.74, 6) is 0.237. The van der Waals surface area contributed by atoms with E-state index in [1.54, 1.807) is 23.1 Å². The van der Waals surface area contributed by atoms with Crippen LogP contribution in [0.3, 0.4) is 0 Å². The Morgan fingerprint density at radius 1 is 1.04 bits per heavy atom. The largest absolute Gasteiger partial charge is 0.426 e. The Hall–Kier alpha value is -1.89. The summed E-state index contributed by atoms with van der Waals surface area (Å²) in [4.78, 5) is 17.4. The van der Waals surface area contributed by atoms with Gasteiger partial charge in [0, 0.05) is 16.4 Å². The molecule has 2 aliphatic rings. The summed E-state index contributed by atoms with van der Waals surface area (Å²) in [6.07, 6.45) is 0. The lowest BCUT2D eigenvalue weighted by Crippen LogP contribution is -2.37. The Morgan fingerprint density at radius 2 is 1.80 bits per heavy atom. The highest BCUT2D eigenvalue weighted by atomic mass is 32.2. The number of aromatic nitrogens is 1. The molecule has 0 spiro atoms. The second kappa shape index (κ2) is 5.83. The molecule has 25 heavy (non-hydrogen) atoms. The molecule has 124 valence electrons. The predicted octanol–water partition coefficient (Wildman–Crippen LogP) is 5.32. The minimum Gasteiger partial charge on any atom is -0.426 e. The van der Waals surface area contributed by atoms with Crippen LogP contribution in [0.5, 0.6) is 5.75 Å². The Balaban J connectivity index is 1.75. The van der Waals surface area contributed by atoms with Crippen LogP contribution in [-0.4, -0.2) is 11.0 Å². The molecule has 0 unspecified atom stereocenters. The van der Waals surface area contributed by atoms with Crippen molar-refractivity contribution in [3.8, 4) is 5.75 Å². The number of benzene rings is 2. The van der Waals surface area contributed by atoms with Crippen LogP contribution < -0.4 is 4.74 Å². The minimum atomic E-state index is -0.253. The van der Waals surface area contributed by atoms with Crippen LogP contribution >= 0.6 is 35.3 Å². The van der Waals surface area contributed by atoms with E-state index in [4.69, 9.17) is 17.0 Å². The van der Waals surface area contributed by atoms with Gasteiger partial charge in [-0.1, -0.05) is 60.3 Å². The maximum absolute atomic E-state index is 12.9. The van der Waals surface area contributed by atoms with Gasteiger partial charge in [-0.05, 0) is 23.8 Å². The highest BCUT2D eigenvalue weighted by Crippen LogP contribution is 2.59. The molecular weight excluding hydrogens is 370 g/mol. The smallest absolute Gasteiger partial charge is 0.316 e. The molecule has 0 radical (unpaired) electrons. The van der Waals surface area contributed by atoms with Crippen molar-refractivity contribution in [2.24, 2.45) is 5.92 Å². The van der Waals surface area contributed by atoms with Gasteiger partial charge < -0.3 is 9.72 Å². The van der Waals surface area contributed by atoms with Crippen molar-refractivity contribution in [1.82, 2.24) is 4.98 Å². The highest BCUT2D eigenvalue weighted by molar-refractivity contribution is 7.99. The maximum atomic E-state index is 12.9. The first kappa shape index (κ1) is 15.4. The zero-order chi connectivity index (χ0) is 17.0. The molecule has 3 nitrogen and oxygen atoms in total. The first-order chi connectivity index (χ1) is 12.2. The lowest BCUT2D eigenvalue weighted by atomic mass is 9.78. The summed E-state index contributed by atoms with van der Waals surface area (Å²) < 4.78 is 6.44. The fourth-order valence-electron chi connectivity index (χ4n) is 3.68. The van der Waals surface area contributed by atoms with Crippen molar-refractivity contribution in [1.29, 1.82) is 0 Å². The van der Waals surface area contributed by atoms with Crippen LogP contribution in [0.25, 0.3) is 0 Å². The van der Waals surface area contributed by atoms with Crippen molar-refractivity contribution in [3.63, 3.8) is 0 Å². The van der Waals surface area contributed by atoms with E-state index in [1.807, 2.05) is 36.4 Å². The second-order valence-electron chi connectivity index (χ2n) is 6.12. The molecule has 2 aromatic carbocycles. The minimum absolute atomic E-state index is 0.000180. The molecule has 0 saturated carbocycles. The van der Waals surface area contributed by atoms with Gasteiger partial charge >= 0.3 is 5.97 Å². The molecule has 0 fully saturated rings. The second-order valence-corrected chi connectivity index (χ2v) is 8.99. The number of fused-ring (bicyclic) bond motifs is 5. The third kappa shape index (κ3) is 2.39. The molecular formula is C19H13NO2S3. The van der Waals surface area contributed by atoms with E-state index in [-0.39, 0.29) is 23.1 Å². The molecule has 3 aromatic rings. The lowest BCUT2D eigenvalue weighted by Gasteiger charge is -2.39. The number of carbonyl (C=O) groups excluding carboxylic acids is 1. The SMILES string of the molecule is O=C1Oc2ccccc2[C@H]2c3sc(=S)[nH]c3S[C@@H](c3ccccc3)[C@H]12. The number of hydrogen-bond acceptors (Lipinski definition) is 5. The molecule has 5 rings (SSSR count). The van der Waals surface area contributed by atoms with Gasteiger partial charge in [-0.15, -0.1) is 11.3 Å². The van der Waals surface area contributed by atoms with Crippen LogP contribution in [0.15, 0.2) is 59.6 Å². The Morgan fingerprint density at radius 3 is 2.64 bits per heavy atom. The van der Waals surface area contributed by atoms with Gasteiger partial charge in [-0.2, -0.15) is 0 Å². The van der Waals surface area contributed by atoms with Crippen molar-refractivity contribution < 1.29 is 9.53 Å². The normalized spacial score (nSPS) is 24.0. The zero-order valence-electron chi connectivity index (χ0n) is 13.0. The van der Waals surface area contributed by atoms with Crippen LogP contribution in [0, 0.1) is 9.87 Å². The first-order valence-electron chi connectivity index (χ1n) is 7.97. The number of nitrogens with one attached hydrogen (secondary N) is 1. The summed E-state index contributed by atoms with van der Waals surface area (Å²) in [6.45, 7) is 0. The van der Waals surface area contributed by atoms with E-state index in [0.717, 1.165) is 25.0 Å². The van der Waals surface area contributed by atoms with Crippen LogP contribution in [0.2, 0.25) is 0 Å². The van der Waals surface area contributed by atoms with Crippen molar-refractivity contribution >= 4 is 41.3 Å². The van der Waals surface area contributed by atoms with Crippen LogP contribution in [0.4, 0.5) is 0 Å². The summed E-state index contributed by atoms with van der Waals surface area (Å²) in [7, 11) is 0. The van der Waals surface area contributed by atoms with Crippen LogP contribution in [0.1, 0.15) is 27.2 Å². The average Bonchev–Trinajstić information content (AvgIpc) is 3.01. The fourth-order valence-corrected chi connectivity index (χ4v) is 6.71. The molecule has 3 atom stereocenters. The van der Waals surface area contributed by atoms with Gasteiger partial charge in [0.2, 0.25) is 0 Å². The zero-order valence-corrected chi connectivity index (χ0v) is 15.4. The van der Waals surface area contributed by atoms with E-state index >= 15 is 0 Å². The summed E-state index contributed by atoms with van der Waals surface area (Å²) >= 11 is 8.64. The Bertz CT molecular complexity index is 1020. The average molecular weight is 384 g/mol. The van der Waals surface area contributed by atoms with Gasteiger partial charge in [-0.3, -0.25) is 4.79 Å². The third-order valence-corrected chi connectivity index (χ3v) is 7.54. The molecule has 2 aliphatic heterocycles. The number of ether oxygens (including phenoxy) is 1. The van der Waals surface area contributed by atoms with Gasteiger partial charge in [0.15, 0.2) is 3.95 Å². The number of para-hydroxylation sites is 1. The van der Waals surface area contributed by atoms with E-state index in [0.29, 0.717) is 5.75 Å². The summed E-state index contributed by atoms with van der Waals surface area (Å²) in [5, 5.41) is 1.08. The van der Waals surface area contributed by atoms with Gasteiger partial charge in [0.1, 0.15) is 5.75 Å². The molecule has 6 heteroatoms. The number of thiazole rings is 1. The number of carbonyl (C=O) groups is 1. The topological polar surface area (TPSA) is 42.1 Å². The van der Waals surface area contributed by atoms with Crippen molar-refractivity contribution in [3.05, 3.63) is 74.6 Å². The molecule has 1 aromatic heterocycles. The molecule has 0 aliphatic carbocycles. The molecule has 0 amide bonds. The number of esters is 1. The van der Waals surface area contributed by atoms with Crippen molar-refractivity contribution in [2.45, 2.75) is 16.2 Å². The van der Waals surface area contributed by atoms with Crippen molar-refractivity contribution in [2.75, 3.05) is 0 Å². The van der Waals surface area contributed by atoms with E-state index in [1.165, 1.54) is 0 Å². The monoisotopic (exact) mass is 383 g/mol. The molecule has 0 bridgehead atoms. The maximum Gasteiger partial charge on any atom is 0.316 e. The number of aromatic amines is 1. The Kier molecular flexibility index (Phi) is 3.58. The quantitative estimate of drug-likeness (QED) is 0.351. The fraction of sp³-hybridized carbons (Fsp3) is 0.158. The number of thioether (sulfide) groups is 1.